The van der Waals surface area contributed by atoms with Gasteiger partial charge in [0.05, 0.1) is 12.7 Å². The van der Waals surface area contributed by atoms with Crippen LogP contribution in [0.2, 0.25) is 0 Å². The van der Waals surface area contributed by atoms with Crippen LogP contribution in [-0.4, -0.2) is 25.3 Å². The topological polar surface area (TPSA) is 21.3 Å². The molecular formula is C13H21NOS. The summed E-state index contributed by atoms with van der Waals surface area (Å²) < 4.78 is 5.83. The molecule has 2 nitrogen and oxygen atoms in total. The van der Waals surface area contributed by atoms with Crippen molar-refractivity contribution in [1.29, 1.82) is 0 Å². The van der Waals surface area contributed by atoms with Gasteiger partial charge in [0, 0.05) is 17.3 Å². The molecule has 0 spiro atoms. The zero-order valence-electron chi connectivity index (χ0n) is 9.95. The Bertz CT molecular complexity index is 280. The second-order valence-corrected chi connectivity index (χ2v) is 5.48. The molecule has 1 aliphatic rings. The highest BCUT2D eigenvalue weighted by molar-refractivity contribution is 7.09. The number of thiophene rings is 1. The van der Waals surface area contributed by atoms with Gasteiger partial charge in [0.2, 0.25) is 0 Å². The Morgan fingerprint density at radius 1 is 1.50 bits per heavy atom. The molecular weight excluding hydrogens is 218 g/mol. The quantitative estimate of drug-likeness (QED) is 0.790. The van der Waals surface area contributed by atoms with Gasteiger partial charge in [0.25, 0.3) is 0 Å². The summed E-state index contributed by atoms with van der Waals surface area (Å²) in [5, 5.41) is 5.65. The molecule has 0 bridgehead atoms. The fourth-order valence-electron chi connectivity index (χ4n) is 2.00. The second-order valence-electron chi connectivity index (χ2n) is 4.44. The molecule has 90 valence electrons. The van der Waals surface area contributed by atoms with E-state index < -0.39 is 0 Å². The van der Waals surface area contributed by atoms with Crippen LogP contribution in [0.4, 0.5) is 0 Å². The molecule has 16 heavy (non-hydrogen) atoms. The van der Waals surface area contributed by atoms with Gasteiger partial charge >= 0.3 is 0 Å². The van der Waals surface area contributed by atoms with E-state index >= 15 is 0 Å². The molecule has 0 amide bonds. The van der Waals surface area contributed by atoms with E-state index in [0.29, 0.717) is 12.1 Å². The average Bonchev–Trinajstić information content (AvgIpc) is 2.73. The molecule has 2 rings (SSSR count). The fraction of sp³-hybridized carbons (Fsp3) is 0.692. The molecule has 1 N–H and O–H groups in total. The lowest BCUT2D eigenvalue weighted by molar-refractivity contribution is -0.0145. The van der Waals surface area contributed by atoms with Crippen molar-refractivity contribution in [2.24, 2.45) is 0 Å². The van der Waals surface area contributed by atoms with Crippen LogP contribution in [0.1, 0.15) is 31.1 Å². The molecule has 0 radical (unpaired) electrons. The Hall–Kier alpha value is -0.380. The molecule has 1 aliphatic carbocycles. The average molecular weight is 239 g/mol. The van der Waals surface area contributed by atoms with Crippen LogP contribution in [0, 0.1) is 0 Å². The van der Waals surface area contributed by atoms with Gasteiger partial charge in [-0.05, 0) is 37.3 Å². The zero-order valence-corrected chi connectivity index (χ0v) is 10.8. The zero-order chi connectivity index (χ0) is 11.2. The van der Waals surface area contributed by atoms with Gasteiger partial charge < -0.3 is 10.1 Å². The number of hydrogen-bond acceptors (Lipinski definition) is 3. The standard InChI is InChI=1S/C13H21NOS/c1-2-6-14-11-9-12(10-11)15-7-5-13-4-3-8-16-13/h3-4,8,11-12,14H,2,5-7,9-10H2,1H3. The normalized spacial score (nSPS) is 24.3. The van der Waals surface area contributed by atoms with Crippen LogP contribution in [-0.2, 0) is 11.2 Å². The SMILES string of the molecule is CCCNC1CC(OCCc2cccs2)C1. The van der Waals surface area contributed by atoms with Crippen molar-refractivity contribution >= 4 is 11.3 Å². The molecule has 1 saturated carbocycles. The predicted molar refractivity (Wildman–Crippen MR) is 69.1 cm³/mol. The molecule has 1 aromatic heterocycles. The van der Waals surface area contributed by atoms with Gasteiger partial charge in [0.15, 0.2) is 0 Å². The minimum atomic E-state index is 0.509. The van der Waals surface area contributed by atoms with Crippen molar-refractivity contribution in [2.45, 2.75) is 44.8 Å². The number of hydrogen-bond donors (Lipinski definition) is 1. The number of ether oxygens (including phenoxy) is 1. The van der Waals surface area contributed by atoms with Crippen LogP contribution in [0.25, 0.3) is 0 Å². The van der Waals surface area contributed by atoms with E-state index in [0.717, 1.165) is 19.6 Å². The lowest BCUT2D eigenvalue weighted by Crippen LogP contribution is -2.45. The third-order valence-corrected chi connectivity index (χ3v) is 4.00. The van der Waals surface area contributed by atoms with E-state index in [1.165, 1.54) is 24.1 Å². The van der Waals surface area contributed by atoms with Crippen LogP contribution in [0.15, 0.2) is 17.5 Å². The second kappa shape index (κ2) is 6.38. The maximum absolute atomic E-state index is 5.83. The van der Waals surface area contributed by atoms with E-state index in [2.05, 4.69) is 29.8 Å². The van der Waals surface area contributed by atoms with Crippen molar-refractivity contribution < 1.29 is 4.74 Å². The summed E-state index contributed by atoms with van der Waals surface area (Å²) in [5.74, 6) is 0. The molecule has 0 atom stereocenters. The minimum Gasteiger partial charge on any atom is -0.378 e. The summed E-state index contributed by atoms with van der Waals surface area (Å²) in [6, 6.07) is 5.00. The summed E-state index contributed by atoms with van der Waals surface area (Å²) in [5.41, 5.74) is 0. The van der Waals surface area contributed by atoms with Crippen molar-refractivity contribution in [1.82, 2.24) is 5.32 Å². The van der Waals surface area contributed by atoms with E-state index in [1.54, 1.807) is 0 Å². The number of rotatable bonds is 7. The monoisotopic (exact) mass is 239 g/mol. The van der Waals surface area contributed by atoms with Crippen molar-refractivity contribution in [3.63, 3.8) is 0 Å². The third-order valence-electron chi connectivity index (χ3n) is 3.06. The van der Waals surface area contributed by atoms with Crippen LogP contribution < -0.4 is 5.32 Å². The first-order valence-corrected chi connectivity index (χ1v) is 7.14. The Kier molecular flexibility index (Phi) is 4.82. The first-order valence-electron chi connectivity index (χ1n) is 6.26. The third kappa shape index (κ3) is 3.58. The maximum Gasteiger partial charge on any atom is 0.0605 e. The van der Waals surface area contributed by atoms with E-state index in [-0.39, 0.29) is 0 Å². The number of nitrogens with one attached hydrogen (secondary N) is 1. The highest BCUT2D eigenvalue weighted by atomic mass is 32.1. The largest absolute Gasteiger partial charge is 0.378 e. The maximum atomic E-state index is 5.83. The van der Waals surface area contributed by atoms with Gasteiger partial charge in [-0.2, -0.15) is 0 Å². The summed E-state index contributed by atoms with van der Waals surface area (Å²) >= 11 is 1.82. The highest BCUT2D eigenvalue weighted by Gasteiger charge is 2.28. The molecule has 0 saturated heterocycles. The Labute approximate surface area is 102 Å². The van der Waals surface area contributed by atoms with Crippen LogP contribution in [0.5, 0.6) is 0 Å². The summed E-state index contributed by atoms with van der Waals surface area (Å²) in [6.07, 6.45) is 5.20. The Balaban J connectivity index is 1.50. The lowest BCUT2D eigenvalue weighted by Gasteiger charge is -2.35. The summed E-state index contributed by atoms with van der Waals surface area (Å²) in [4.78, 5) is 1.43. The predicted octanol–water partition coefficient (Wildman–Crippen LogP) is 2.84. The van der Waals surface area contributed by atoms with Crippen molar-refractivity contribution in [3.05, 3.63) is 22.4 Å². The molecule has 1 aromatic rings. The molecule has 0 aliphatic heterocycles. The molecule has 0 aromatic carbocycles. The Morgan fingerprint density at radius 3 is 3.06 bits per heavy atom. The van der Waals surface area contributed by atoms with Gasteiger partial charge in [-0.3, -0.25) is 0 Å². The Morgan fingerprint density at radius 2 is 2.38 bits per heavy atom. The van der Waals surface area contributed by atoms with Gasteiger partial charge in [-0.1, -0.05) is 13.0 Å². The fourth-order valence-corrected chi connectivity index (χ4v) is 2.69. The molecule has 1 heterocycles. The first-order chi connectivity index (χ1) is 7.88. The summed E-state index contributed by atoms with van der Waals surface area (Å²) in [7, 11) is 0. The molecule has 1 fully saturated rings. The van der Waals surface area contributed by atoms with Gasteiger partial charge in [0.1, 0.15) is 0 Å². The lowest BCUT2D eigenvalue weighted by atomic mass is 9.89. The van der Waals surface area contributed by atoms with Gasteiger partial charge in [-0.15, -0.1) is 11.3 Å². The van der Waals surface area contributed by atoms with E-state index in [1.807, 2.05) is 11.3 Å². The summed E-state index contributed by atoms with van der Waals surface area (Å²) in [6.45, 7) is 4.24. The van der Waals surface area contributed by atoms with Crippen LogP contribution in [0.3, 0.4) is 0 Å². The minimum absolute atomic E-state index is 0.509. The van der Waals surface area contributed by atoms with Crippen LogP contribution >= 0.6 is 11.3 Å². The first kappa shape index (κ1) is 12.1. The van der Waals surface area contributed by atoms with Crippen molar-refractivity contribution in [2.75, 3.05) is 13.2 Å². The molecule has 0 unspecified atom stereocenters. The van der Waals surface area contributed by atoms with E-state index in [4.69, 9.17) is 4.74 Å². The van der Waals surface area contributed by atoms with Gasteiger partial charge in [-0.25, -0.2) is 0 Å². The highest BCUT2D eigenvalue weighted by Crippen LogP contribution is 2.23. The smallest absolute Gasteiger partial charge is 0.0605 e. The molecule has 3 heteroatoms. The van der Waals surface area contributed by atoms with Crippen molar-refractivity contribution in [3.8, 4) is 0 Å². The van der Waals surface area contributed by atoms with E-state index in [9.17, 15) is 0 Å².